The van der Waals surface area contributed by atoms with Gasteiger partial charge < -0.3 is 0 Å². The van der Waals surface area contributed by atoms with Gasteiger partial charge in [0.05, 0.1) is 9.22 Å². The number of benzene rings is 1. The summed E-state index contributed by atoms with van der Waals surface area (Å²) in [6.07, 6.45) is 3.32. The Morgan fingerprint density at radius 3 is 2.24 bits per heavy atom. The zero-order valence-corrected chi connectivity index (χ0v) is 11.7. The second kappa shape index (κ2) is 2.80. The topological polar surface area (TPSA) is 34.1 Å². The second-order valence-electron chi connectivity index (χ2n) is 5.41. The van der Waals surface area contributed by atoms with Crippen LogP contribution in [0.2, 0.25) is 0 Å². The van der Waals surface area contributed by atoms with Crippen LogP contribution in [0.4, 0.5) is 0 Å². The Bertz CT molecular complexity index is 581. The molecule has 0 amide bonds. The lowest BCUT2D eigenvalue weighted by Gasteiger charge is -2.25. The molecule has 0 saturated heterocycles. The number of hydrogen-bond donors (Lipinski definition) is 0. The highest BCUT2D eigenvalue weighted by Gasteiger charge is 3.02. The number of fused-ring (bicyclic) bond motifs is 2. The molecule has 2 nitrogen and oxygen atoms in total. The van der Waals surface area contributed by atoms with Gasteiger partial charge >= 0.3 is 0 Å². The summed E-state index contributed by atoms with van der Waals surface area (Å²) in [7, 11) is -3.16. The molecule has 0 aromatic heterocycles. The maximum atomic E-state index is 12.7. The van der Waals surface area contributed by atoms with Crippen LogP contribution in [0, 0.1) is 11.8 Å². The Labute approximate surface area is 109 Å². The highest BCUT2D eigenvalue weighted by Crippen LogP contribution is 2.92. The van der Waals surface area contributed by atoms with Crippen molar-refractivity contribution in [2.45, 2.75) is 33.2 Å². The average Bonchev–Trinajstić information content (AvgIpc) is 3.16. The SMILES string of the molecule is O=S(=O)(c1ccccc1)C12[C@H]3CCC[C@H]1C32Br. The van der Waals surface area contributed by atoms with E-state index in [1.165, 1.54) is 6.42 Å². The summed E-state index contributed by atoms with van der Waals surface area (Å²) in [5.41, 5.74) is 0. The number of rotatable bonds is 2. The van der Waals surface area contributed by atoms with E-state index in [1.807, 2.05) is 6.07 Å². The number of hydrogen-bond acceptors (Lipinski definition) is 2. The Morgan fingerprint density at radius 2 is 1.71 bits per heavy atom. The van der Waals surface area contributed by atoms with Gasteiger partial charge in [-0.2, -0.15) is 0 Å². The van der Waals surface area contributed by atoms with Gasteiger partial charge in [0.1, 0.15) is 4.75 Å². The van der Waals surface area contributed by atoms with Gasteiger partial charge in [-0.25, -0.2) is 8.42 Å². The highest BCUT2D eigenvalue weighted by atomic mass is 79.9. The van der Waals surface area contributed by atoms with Crippen LogP contribution in [0.1, 0.15) is 19.3 Å². The van der Waals surface area contributed by atoms with E-state index in [2.05, 4.69) is 15.9 Å². The largest absolute Gasteiger partial charge is 0.223 e. The van der Waals surface area contributed by atoms with Gasteiger partial charge in [-0.15, -0.1) is 0 Å². The minimum absolute atomic E-state index is 0.0626. The summed E-state index contributed by atoms with van der Waals surface area (Å²) in [5, 5.41) is 0. The predicted molar refractivity (Wildman–Crippen MR) is 68.8 cm³/mol. The molecule has 0 bridgehead atoms. The van der Waals surface area contributed by atoms with Crippen molar-refractivity contribution in [1.82, 2.24) is 0 Å². The Hall–Kier alpha value is -0.350. The molecule has 0 spiro atoms. The molecule has 0 unspecified atom stereocenters. The Morgan fingerprint density at radius 1 is 1.12 bits per heavy atom. The smallest absolute Gasteiger partial charge is 0.186 e. The highest BCUT2D eigenvalue weighted by molar-refractivity contribution is 9.10. The molecule has 0 radical (unpaired) electrons. The number of alkyl halides is 1. The molecule has 3 saturated carbocycles. The molecule has 3 fully saturated rings. The number of halogens is 1. The van der Waals surface area contributed by atoms with Gasteiger partial charge in [-0.05, 0) is 36.8 Å². The molecule has 90 valence electrons. The van der Waals surface area contributed by atoms with E-state index in [1.54, 1.807) is 24.3 Å². The summed E-state index contributed by atoms with van der Waals surface area (Å²) in [6.45, 7) is 0. The van der Waals surface area contributed by atoms with E-state index in [0.29, 0.717) is 16.7 Å². The molecule has 2 atom stereocenters. The normalized spacial score (nSPS) is 46.2. The molecule has 3 aliphatic carbocycles. The summed E-state index contributed by atoms with van der Waals surface area (Å²) < 4.78 is 25.0. The third-order valence-corrected chi connectivity index (χ3v) is 9.68. The van der Waals surface area contributed by atoms with Crippen molar-refractivity contribution in [3.63, 3.8) is 0 Å². The van der Waals surface area contributed by atoms with Crippen LogP contribution in [-0.4, -0.2) is 17.5 Å². The summed E-state index contributed by atoms with van der Waals surface area (Å²) in [5.74, 6) is 0.720. The fourth-order valence-electron chi connectivity index (χ4n) is 4.21. The molecule has 1 aromatic rings. The van der Waals surface area contributed by atoms with Crippen molar-refractivity contribution >= 4 is 25.8 Å². The zero-order valence-electron chi connectivity index (χ0n) is 9.27. The second-order valence-corrected chi connectivity index (χ2v) is 8.88. The Kier molecular flexibility index (Phi) is 1.74. The molecule has 3 aliphatic rings. The minimum atomic E-state index is -3.16. The molecule has 0 N–H and O–H groups in total. The molecular formula is C13H13BrO2S. The van der Waals surface area contributed by atoms with Crippen molar-refractivity contribution < 1.29 is 8.42 Å². The maximum Gasteiger partial charge on any atom is 0.186 e. The minimum Gasteiger partial charge on any atom is -0.223 e. The Balaban J connectivity index is 1.84. The van der Waals surface area contributed by atoms with Crippen molar-refractivity contribution in [2.75, 3.05) is 0 Å². The molecule has 4 heteroatoms. The third kappa shape index (κ3) is 0.877. The lowest BCUT2D eigenvalue weighted by atomic mass is 9.88. The van der Waals surface area contributed by atoms with Crippen molar-refractivity contribution in [3.8, 4) is 0 Å². The maximum absolute atomic E-state index is 12.7. The molecule has 4 rings (SSSR count). The van der Waals surface area contributed by atoms with Crippen LogP contribution in [0.25, 0.3) is 0 Å². The predicted octanol–water partition coefficient (Wildman–Crippen LogP) is 2.78. The van der Waals surface area contributed by atoms with E-state index in [4.69, 9.17) is 0 Å². The molecule has 1 aromatic carbocycles. The van der Waals surface area contributed by atoms with Crippen LogP contribution < -0.4 is 0 Å². The summed E-state index contributed by atoms with van der Waals surface area (Å²) in [6, 6.07) is 8.92. The van der Waals surface area contributed by atoms with Crippen molar-refractivity contribution in [3.05, 3.63) is 30.3 Å². The van der Waals surface area contributed by atoms with E-state index in [9.17, 15) is 8.42 Å². The van der Waals surface area contributed by atoms with Crippen LogP contribution in [-0.2, 0) is 9.84 Å². The van der Waals surface area contributed by atoms with Gasteiger partial charge in [-0.3, -0.25) is 0 Å². The van der Waals surface area contributed by atoms with Crippen LogP contribution in [0.3, 0.4) is 0 Å². The number of sulfone groups is 1. The average molecular weight is 313 g/mol. The standard InChI is InChI=1S/C13H13BrO2S/c14-12-10-7-4-8-11(12)13(10,12)17(15,16)9-5-2-1-3-6-9/h1-3,5-6,10-11H,4,7-8H2/t10-,11-,12?,13?/m0/s1. The van der Waals surface area contributed by atoms with Gasteiger partial charge in [0.25, 0.3) is 0 Å². The van der Waals surface area contributed by atoms with Crippen molar-refractivity contribution in [1.29, 1.82) is 0 Å². The summed E-state index contributed by atoms with van der Waals surface area (Å²) >= 11 is 3.71. The van der Waals surface area contributed by atoms with Crippen molar-refractivity contribution in [2.24, 2.45) is 11.8 Å². The fraction of sp³-hybridized carbons (Fsp3) is 0.538. The lowest BCUT2D eigenvalue weighted by molar-refractivity contribution is 0.357. The van der Waals surface area contributed by atoms with Crippen LogP contribution in [0.5, 0.6) is 0 Å². The quantitative estimate of drug-likeness (QED) is 0.787. The van der Waals surface area contributed by atoms with E-state index in [-0.39, 0.29) is 4.32 Å². The molecular weight excluding hydrogens is 300 g/mol. The monoisotopic (exact) mass is 312 g/mol. The van der Waals surface area contributed by atoms with E-state index < -0.39 is 14.6 Å². The first-order chi connectivity index (χ1) is 8.08. The van der Waals surface area contributed by atoms with Gasteiger partial charge in [-0.1, -0.05) is 40.5 Å². The first kappa shape index (κ1) is 10.6. The molecule has 0 aliphatic heterocycles. The first-order valence-electron chi connectivity index (χ1n) is 6.06. The first-order valence-corrected chi connectivity index (χ1v) is 8.34. The van der Waals surface area contributed by atoms with Crippen LogP contribution >= 0.6 is 15.9 Å². The zero-order chi connectivity index (χ0) is 11.9. The van der Waals surface area contributed by atoms with E-state index >= 15 is 0 Å². The van der Waals surface area contributed by atoms with Crippen LogP contribution in [0.15, 0.2) is 35.2 Å². The van der Waals surface area contributed by atoms with Gasteiger partial charge in [0.2, 0.25) is 0 Å². The van der Waals surface area contributed by atoms with Gasteiger partial charge in [0.15, 0.2) is 9.84 Å². The fourth-order valence-corrected chi connectivity index (χ4v) is 9.49. The lowest BCUT2D eigenvalue weighted by Crippen LogP contribution is -2.29. The third-order valence-electron chi connectivity index (χ3n) is 4.97. The molecule has 0 heterocycles. The van der Waals surface area contributed by atoms with Gasteiger partial charge in [0, 0.05) is 0 Å². The summed E-state index contributed by atoms with van der Waals surface area (Å²) in [4.78, 5) is 0.496. The molecule has 17 heavy (non-hydrogen) atoms. The van der Waals surface area contributed by atoms with E-state index in [0.717, 1.165) is 12.8 Å².